The van der Waals surface area contributed by atoms with E-state index in [1.807, 2.05) is 31.2 Å². The molecule has 0 aliphatic carbocycles. The molecule has 5 heteroatoms. The Bertz CT molecular complexity index is 530. The van der Waals surface area contributed by atoms with Crippen LogP contribution in [0.2, 0.25) is 0 Å². The molecular formula is C14H20N4O. The normalized spacial score (nSPS) is 12.8. The van der Waals surface area contributed by atoms with E-state index in [1.54, 1.807) is 0 Å². The summed E-state index contributed by atoms with van der Waals surface area (Å²) < 4.78 is 5.48. The van der Waals surface area contributed by atoms with Gasteiger partial charge in [-0.3, -0.25) is 0 Å². The Balaban J connectivity index is 2.14. The highest BCUT2D eigenvalue weighted by Gasteiger charge is 2.15. The van der Waals surface area contributed by atoms with Gasteiger partial charge < -0.3 is 10.1 Å². The predicted octanol–water partition coefficient (Wildman–Crippen LogP) is 2.50. The molecule has 2 rings (SSSR count). The summed E-state index contributed by atoms with van der Waals surface area (Å²) >= 11 is 0. The predicted molar refractivity (Wildman–Crippen MR) is 76.1 cm³/mol. The molecule has 19 heavy (non-hydrogen) atoms. The molecule has 0 fully saturated rings. The van der Waals surface area contributed by atoms with Crippen LogP contribution in [0.15, 0.2) is 24.3 Å². The highest BCUT2D eigenvalue weighted by atomic mass is 16.5. The summed E-state index contributed by atoms with van der Waals surface area (Å²) in [6.07, 6.45) is 0. The number of benzene rings is 1. The third-order valence-electron chi connectivity index (χ3n) is 2.98. The molecule has 0 aliphatic rings. The average molecular weight is 260 g/mol. The van der Waals surface area contributed by atoms with E-state index in [1.165, 1.54) is 0 Å². The van der Waals surface area contributed by atoms with Crippen molar-refractivity contribution in [2.75, 3.05) is 18.5 Å². The molecule has 0 aliphatic heterocycles. The van der Waals surface area contributed by atoms with Crippen LogP contribution in [-0.4, -0.2) is 34.4 Å². The molecule has 1 atom stereocenters. The lowest BCUT2D eigenvalue weighted by Crippen LogP contribution is -2.31. The van der Waals surface area contributed by atoms with Crippen molar-refractivity contribution in [3.05, 3.63) is 24.3 Å². The molecule has 1 aromatic heterocycles. The molecule has 0 amide bonds. The summed E-state index contributed by atoms with van der Waals surface area (Å²) in [5.74, 6) is 0.985. The molecule has 5 nitrogen and oxygen atoms in total. The number of para-hydroxylation sites is 1. The van der Waals surface area contributed by atoms with Gasteiger partial charge in [-0.1, -0.05) is 26.0 Å². The van der Waals surface area contributed by atoms with Crippen LogP contribution in [0.25, 0.3) is 11.0 Å². The summed E-state index contributed by atoms with van der Waals surface area (Å²) in [5, 5.41) is 11.6. The van der Waals surface area contributed by atoms with Crippen molar-refractivity contribution >= 4 is 17.0 Å². The van der Waals surface area contributed by atoms with Crippen LogP contribution in [0, 0.1) is 5.92 Å². The van der Waals surface area contributed by atoms with Crippen molar-refractivity contribution in [3.8, 4) is 0 Å². The fraction of sp³-hybridized carbons (Fsp3) is 0.500. The zero-order valence-electron chi connectivity index (χ0n) is 11.6. The number of hydrogen-bond donors (Lipinski definition) is 1. The summed E-state index contributed by atoms with van der Waals surface area (Å²) in [7, 11) is 0. The first-order valence-electron chi connectivity index (χ1n) is 6.64. The first-order valence-corrected chi connectivity index (χ1v) is 6.64. The third-order valence-corrected chi connectivity index (χ3v) is 2.98. The first-order chi connectivity index (χ1) is 9.20. The van der Waals surface area contributed by atoms with Gasteiger partial charge in [-0.2, -0.15) is 0 Å². The number of fused-ring (bicyclic) bond motifs is 1. The van der Waals surface area contributed by atoms with Crippen LogP contribution in [0.1, 0.15) is 20.8 Å². The van der Waals surface area contributed by atoms with Crippen molar-refractivity contribution in [1.82, 2.24) is 15.2 Å². The van der Waals surface area contributed by atoms with E-state index in [2.05, 4.69) is 34.3 Å². The molecule has 102 valence electrons. The van der Waals surface area contributed by atoms with E-state index in [0.717, 1.165) is 11.0 Å². The van der Waals surface area contributed by atoms with Gasteiger partial charge >= 0.3 is 0 Å². The second kappa shape index (κ2) is 6.43. The molecule has 1 heterocycles. The Morgan fingerprint density at radius 1 is 1.16 bits per heavy atom. The Hall–Kier alpha value is -1.75. The average Bonchev–Trinajstić information content (AvgIpc) is 2.43. The van der Waals surface area contributed by atoms with E-state index >= 15 is 0 Å². The molecule has 1 N–H and O–H groups in total. The molecule has 0 bridgehead atoms. The van der Waals surface area contributed by atoms with Gasteiger partial charge in [0.2, 0.25) is 5.95 Å². The highest BCUT2D eigenvalue weighted by Crippen LogP contribution is 2.12. The van der Waals surface area contributed by atoms with Gasteiger partial charge in [-0.05, 0) is 25.0 Å². The number of anilines is 1. The monoisotopic (exact) mass is 260 g/mol. The number of rotatable bonds is 6. The van der Waals surface area contributed by atoms with E-state index in [9.17, 15) is 0 Å². The number of hydrogen-bond acceptors (Lipinski definition) is 5. The number of nitrogens with one attached hydrogen (secondary N) is 1. The quantitative estimate of drug-likeness (QED) is 0.864. The summed E-state index contributed by atoms with van der Waals surface area (Å²) in [6, 6.07) is 7.89. The van der Waals surface area contributed by atoms with Crippen LogP contribution in [0.4, 0.5) is 5.95 Å². The third kappa shape index (κ3) is 3.61. The van der Waals surface area contributed by atoms with Crippen LogP contribution >= 0.6 is 0 Å². The lowest BCUT2D eigenvalue weighted by molar-refractivity contribution is 0.126. The maximum absolute atomic E-state index is 5.48. The van der Waals surface area contributed by atoms with Gasteiger partial charge in [-0.15, -0.1) is 10.2 Å². The largest absolute Gasteiger partial charge is 0.380 e. The summed E-state index contributed by atoms with van der Waals surface area (Å²) in [5.41, 5.74) is 1.65. The van der Waals surface area contributed by atoms with E-state index in [-0.39, 0.29) is 6.04 Å². The highest BCUT2D eigenvalue weighted by molar-refractivity contribution is 5.74. The van der Waals surface area contributed by atoms with Crippen molar-refractivity contribution in [2.24, 2.45) is 5.92 Å². The van der Waals surface area contributed by atoms with Crippen molar-refractivity contribution in [1.29, 1.82) is 0 Å². The maximum atomic E-state index is 5.48. The van der Waals surface area contributed by atoms with Gasteiger partial charge in [0.1, 0.15) is 5.52 Å². The zero-order chi connectivity index (χ0) is 13.7. The minimum absolute atomic E-state index is 0.183. The Labute approximate surface area is 113 Å². The van der Waals surface area contributed by atoms with Crippen LogP contribution in [-0.2, 0) is 4.74 Å². The Morgan fingerprint density at radius 3 is 2.58 bits per heavy atom. The molecular weight excluding hydrogens is 240 g/mol. The second-order valence-electron chi connectivity index (χ2n) is 4.78. The van der Waals surface area contributed by atoms with Crippen LogP contribution < -0.4 is 5.32 Å². The van der Waals surface area contributed by atoms with E-state index < -0.39 is 0 Å². The zero-order valence-corrected chi connectivity index (χ0v) is 11.6. The molecule has 0 spiro atoms. The Kier molecular flexibility index (Phi) is 4.63. The molecule has 0 saturated heterocycles. The number of aromatic nitrogens is 3. The van der Waals surface area contributed by atoms with Crippen LogP contribution in [0.5, 0.6) is 0 Å². The summed E-state index contributed by atoms with van der Waals surface area (Å²) in [6.45, 7) is 7.63. The molecule has 2 aromatic rings. The Morgan fingerprint density at radius 2 is 1.89 bits per heavy atom. The molecule has 0 saturated carbocycles. The molecule has 1 unspecified atom stereocenters. The van der Waals surface area contributed by atoms with Crippen molar-refractivity contribution < 1.29 is 4.74 Å². The fourth-order valence-corrected chi connectivity index (χ4v) is 1.75. The molecule has 1 aromatic carbocycles. The number of ether oxygens (including phenoxy) is 1. The van der Waals surface area contributed by atoms with Gasteiger partial charge in [0.05, 0.1) is 18.2 Å². The van der Waals surface area contributed by atoms with Gasteiger partial charge in [0.15, 0.2) is 0 Å². The van der Waals surface area contributed by atoms with E-state index in [4.69, 9.17) is 4.74 Å². The SMILES string of the molecule is CCOCC(Nc1nnc2ccccc2n1)C(C)C. The standard InChI is InChI=1S/C14H20N4O/c1-4-19-9-13(10(2)3)16-14-15-11-7-5-6-8-12(11)17-18-14/h5-8,10,13H,4,9H2,1-3H3,(H,15,16,18). The van der Waals surface area contributed by atoms with Crippen molar-refractivity contribution in [2.45, 2.75) is 26.8 Å². The van der Waals surface area contributed by atoms with Gasteiger partial charge in [-0.25, -0.2) is 4.98 Å². The van der Waals surface area contributed by atoms with E-state index in [0.29, 0.717) is 25.1 Å². The molecule has 0 radical (unpaired) electrons. The minimum atomic E-state index is 0.183. The first kappa shape index (κ1) is 13.7. The van der Waals surface area contributed by atoms with Crippen molar-refractivity contribution in [3.63, 3.8) is 0 Å². The van der Waals surface area contributed by atoms with Crippen LogP contribution in [0.3, 0.4) is 0 Å². The summed E-state index contributed by atoms with van der Waals surface area (Å²) in [4.78, 5) is 4.47. The minimum Gasteiger partial charge on any atom is -0.380 e. The lowest BCUT2D eigenvalue weighted by Gasteiger charge is -2.21. The topological polar surface area (TPSA) is 59.9 Å². The van der Waals surface area contributed by atoms with Gasteiger partial charge in [0.25, 0.3) is 0 Å². The maximum Gasteiger partial charge on any atom is 0.243 e. The number of nitrogens with zero attached hydrogens (tertiary/aromatic N) is 3. The fourth-order valence-electron chi connectivity index (χ4n) is 1.75. The smallest absolute Gasteiger partial charge is 0.243 e. The van der Waals surface area contributed by atoms with Gasteiger partial charge in [0, 0.05) is 6.61 Å². The second-order valence-corrected chi connectivity index (χ2v) is 4.78. The lowest BCUT2D eigenvalue weighted by atomic mass is 10.1.